The number of nitrogens with one attached hydrogen (secondary N) is 1. The van der Waals surface area contributed by atoms with Crippen LogP contribution in [-0.2, 0) is 15.6 Å². The molecule has 1 fully saturated rings. The lowest BCUT2D eigenvalue weighted by Gasteiger charge is -2.29. The van der Waals surface area contributed by atoms with Gasteiger partial charge in [-0.15, -0.1) is 11.3 Å². The zero-order valence-corrected chi connectivity index (χ0v) is 14.0. The van der Waals surface area contributed by atoms with Crippen LogP contribution in [0.25, 0.3) is 0 Å². The van der Waals surface area contributed by atoms with E-state index in [1.54, 1.807) is 17.6 Å². The molecule has 4 atom stereocenters. The van der Waals surface area contributed by atoms with E-state index >= 15 is 0 Å². The summed E-state index contributed by atoms with van der Waals surface area (Å²) in [5.41, 5.74) is 0. The number of nitrogens with zero attached hydrogens (tertiary/aromatic N) is 1. The first kappa shape index (κ1) is 15.7. The number of hydrogen-bond donors (Lipinski definition) is 1. The Bertz CT molecular complexity index is 487. The van der Waals surface area contributed by atoms with Crippen LogP contribution in [0.3, 0.4) is 0 Å². The smallest absolute Gasteiger partial charge is 0.241 e. The van der Waals surface area contributed by atoms with Gasteiger partial charge in [0.2, 0.25) is 5.91 Å². The zero-order chi connectivity index (χ0) is 14.9. The second kappa shape index (κ2) is 6.37. The summed E-state index contributed by atoms with van der Waals surface area (Å²) >= 11 is 1.64. The summed E-state index contributed by atoms with van der Waals surface area (Å²) in [6.07, 6.45) is 1.60. The second-order valence-corrected chi connectivity index (χ2v) is 8.10. The minimum absolute atomic E-state index is 0.0308. The molecular formula is C14H22N2O2S2. The molecule has 0 aromatic carbocycles. The molecule has 6 heteroatoms. The molecule has 2 rings (SSSR count). The van der Waals surface area contributed by atoms with E-state index in [9.17, 15) is 9.00 Å². The molecule has 1 aromatic heterocycles. The summed E-state index contributed by atoms with van der Waals surface area (Å²) in [5.74, 6) is 0.880. The molecule has 2 heterocycles. The van der Waals surface area contributed by atoms with Gasteiger partial charge in [0.15, 0.2) is 0 Å². The minimum atomic E-state index is -0.909. The van der Waals surface area contributed by atoms with Gasteiger partial charge in [-0.3, -0.25) is 14.3 Å². The summed E-state index contributed by atoms with van der Waals surface area (Å²) in [6, 6.07) is 3.85. The maximum absolute atomic E-state index is 12.6. The van der Waals surface area contributed by atoms with Gasteiger partial charge < -0.3 is 4.90 Å². The number of carbonyl (C=O) groups excluding carboxylic acids is 1. The molecule has 1 saturated heterocycles. The Hall–Kier alpha value is -0.720. The molecule has 1 aliphatic heterocycles. The van der Waals surface area contributed by atoms with Crippen molar-refractivity contribution in [2.45, 2.75) is 39.0 Å². The fourth-order valence-corrected chi connectivity index (χ4v) is 4.27. The van der Waals surface area contributed by atoms with Crippen LogP contribution in [-0.4, -0.2) is 39.1 Å². The van der Waals surface area contributed by atoms with Crippen LogP contribution in [0.2, 0.25) is 0 Å². The molecule has 0 bridgehead atoms. The van der Waals surface area contributed by atoms with Gasteiger partial charge in [0.1, 0.15) is 6.17 Å². The first-order chi connectivity index (χ1) is 9.41. The SMILES string of the molecule is CC(C)C1NC(c2cccs2)N(C(C)CS(C)=O)C1=O. The number of thiophene rings is 1. The Balaban J connectivity index is 2.28. The predicted molar refractivity (Wildman–Crippen MR) is 84.1 cm³/mol. The average molecular weight is 314 g/mol. The molecular weight excluding hydrogens is 292 g/mol. The van der Waals surface area contributed by atoms with Crippen molar-refractivity contribution in [3.63, 3.8) is 0 Å². The standard InChI is InChI=1S/C14H22N2O2S2/c1-9(2)12-14(17)16(10(3)8-20(4)18)13(15-12)11-6-5-7-19-11/h5-7,9-10,12-13,15H,8H2,1-4H3. The fraction of sp³-hybridized carbons (Fsp3) is 0.643. The van der Waals surface area contributed by atoms with Crippen LogP contribution in [0.4, 0.5) is 0 Å². The summed E-state index contributed by atoms with van der Waals surface area (Å²) in [6.45, 7) is 6.07. The van der Waals surface area contributed by atoms with E-state index in [1.807, 2.05) is 43.2 Å². The first-order valence-corrected chi connectivity index (χ1v) is 9.44. The molecule has 1 aliphatic rings. The van der Waals surface area contributed by atoms with Crippen molar-refractivity contribution in [2.24, 2.45) is 5.92 Å². The van der Waals surface area contributed by atoms with Gasteiger partial charge in [0.05, 0.1) is 6.04 Å². The van der Waals surface area contributed by atoms with E-state index in [0.29, 0.717) is 5.75 Å². The van der Waals surface area contributed by atoms with E-state index in [4.69, 9.17) is 0 Å². The highest BCUT2D eigenvalue weighted by molar-refractivity contribution is 7.84. The number of hydrogen-bond acceptors (Lipinski definition) is 4. The lowest BCUT2D eigenvalue weighted by molar-refractivity contribution is -0.132. The molecule has 0 radical (unpaired) electrons. The highest BCUT2D eigenvalue weighted by Crippen LogP contribution is 2.32. The van der Waals surface area contributed by atoms with Gasteiger partial charge in [0, 0.05) is 33.7 Å². The molecule has 1 amide bonds. The largest absolute Gasteiger partial charge is 0.317 e. The van der Waals surface area contributed by atoms with Gasteiger partial charge in [-0.2, -0.15) is 0 Å². The topological polar surface area (TPSA) is 49.4 Å². The lowest BCUT2D eigenvalue weighted by atomic mass is 10.0. The third-order valence-electron chi connectivity index (χ3n) is 3.57. The lowest BCUT2D eigenvalue weighted by Crippen LogP contribution is -2.41. The summed E-state index contributed by atoms with van der Waals surface area (Å²) in [5, 5.41) is 5.45. The Morgan fingerprint density at radius 2 is 2.15 bits per heavy atom. The Labute approximate surface area is 127 Å². The predicted octanol–water partition coefficient (Wildman–Crippen LogP) is 1.97. The highest BCUT2D eigenvalue weighted by atomic mass is 32.2. The number of amides is 1. The van der Waals surface area contributed by atoms with Crippen molar-refractivity contribution < 1.29 is 9.00 Å². The van der Waals surface area contributed by atoms with E-state index in [0.717, 1.165) is 4.88 Å². The van der Waals surface area contributed by atoms with Crippen LogP contribution in [0, 0.1) is 5.92 Å². The Kier molecular flexibility index (Phi) is 4.99. The van der Waals surface area contributed by atoms with Crippen molar-refractivity contribution in [1.82, 2.24) is 10.2 Å². The number of rotatable bonds is 5. The monoisotopic (exact) mass is 314 g/mol. The van der Waals surface area contributed by atoms with Crippen molar-refractivity contribution in [2.75, 3.05) is 12.0 Å². The van der Waals surface area contributed by atoms with E-state index < -0.39 is 10.8 Å². The van der Waals surface area contributed by atoms with Gasteiger partial charge in [-0.1, -0.05) is 19.9 Å². The molecule has 1 N–H and O–H groups in total. The third-order valence-corrected chi connectivity index (χ3v) is 5.44. The van der Waals surface area contributed by atoms with Gasteiger partial charge in [-0.05, 0) is 24.3 Å². The van der Waals surface area contributed by atoms with Gasteiger partial charge in [-0.25, -0.2) is 0 Å². The molecule has 0 aliphatic carbocycles. The Morgan fingerprint density at radius 3 is 2.65 bits per heavy atom. The van der Waals surface area contributed by atoms with Crippen molar-refractivity contribution in [3.05, 3.63) is 22.4 Å². The molecule has 20 heavy (non-hydrogen) atoms. The molecule has 0 spiro atoms. The van der Waals surface area contributed by atoms with Crippen LogP contribution >= 0.6 is 11.3 Å². The highest BCUT2D eigenvalue weighted by Gasteiger charge is 2.43. The normalized spacial score (nSPS) is 26.2. The maximum atomic E-state index is 12.6. The molecule has 4 nitrogen and oxygen atoms in total. The molecule has 4 unspecified atom stereocenters. The average Bonchev–Trinajstić information content (AvgIpc) is 2.94. The molecule has 0 saturated carbocycles. The summed E-state index contributed by atoms with van der Waals surface area (Å²) in [7, 11) is -0.909. The fourth-order valence-electron chi connectivity index (χ4n) is 2.64. The van der Waals surface area contributed by atoms with Crippen LogP contribution in [0.5, 0.6) is 0 Å². The summed E-state index contributed by atoms with van der Waals surface area (Å²) < 4.78 is 11.5. The van der Waals surface area contributed by atoms with Crippen LogP contribution < -0.4 is 5.32 Å². The van der Waals surface area contributed by atoms with Crippen LogP contribution in [0.1, 0.15) is 31.8 Å². The van der Waals surface area contributed by atoms with Crippen molar-refractivity contribution in [1.29, 1.82) is 0 Å². The summed E-state index contributed by atoms with van der Waals surface area (Å²) in [4.78, 5) is 15.7. The first-order valence-electron chi connectivity index (χ1n) is 6.83. The molecule has 112 valence electrons. The van der Waals surface area contributed by atoms with Crippen LogP contribution in [0.15, 0.2) is 17.5 Å². The number of carbonyl (C=O) groups is 1. The van der Waals surface area contributed by atoms with E-state index in [1.165, 1.54) is 0 Å². The Morgan fingerprint density at radius 1 is 1.45 bits per heavy atom. The van der Waals surface area contributed by atoms with Crippen molar-refractivity contribution in [3.8, 4) is 0 Å². The maximum Gasteiger partial charge on any atom is 0.241 e. The zero-order valence-electron chi connectivity index (χ0n) is 12.3. The molecule has 1 aromatic rings. The van der Waals surface area contributed by atoms with Gasteiger partial charge in [0.25, 0.3) is 0 Å². The van der Waals surface area contributed by atoms with Gasteiger partial charge >= 0.3 is 0 Å². The second-order valence-electron chi connectivity index (χ2n) is 5.64. The van der Waals surface area contributed by atoms with E-state index in [2.05, 4.69) is 5.32 Å². The minimum Gasteiger partial charge on any atom is -0.317 e. The quantitative estimate of drug-likeness (QED) is 0.904. The van der Waals surface area contributed by atoms with E-state index in [-0.39, 0.29) is 30.1 Å². The third kappa shape index (κ3) is 3.13. The van der Waals surface area contributed by atoms with Crippen molar-refractivity contribution >= 4 is 28.0 Å².